The van der Waals surface area contributed by atoms with E-state index in [9.17, 15) is 4.79 Å². The average Bonchev–Trinajstić information content (AvgIpc) is 3.47. The van der Waals surface area contributed by atoms with Gasteiger partial charge in [-0.15, -0.1) is 0 Å². The molecule has 0 aliphatic heterocycles. The number of carbonyl (C=O) groups excluding carboxylic acids is 1. The molecule has 4 rings (SSSR count). The summed E-state index contributed by atoms with van der Waals surface area (Å²) >= 11 is 0. The molecule has 2 aromatic heterocycles. The molecule has 7 unspecified atom stereocenters. The van der Waals surface area contributed by atoms with Gasteiger partial charge in [-0.1, -0.05) is 47.6 Å². The second-order valence-corrected chi connectivity index (χ2v) is 14.8. The Bertz CT molecular complexity index is 1130. The van der Waals surface area contributed by atoms with Gasteiger partial charge in [0.25, 0.3) is 0 Å². The largest absolute Gasteiger partial charge is 0.465 e. The second-order valence-electron chi connectivity index (χ2n) is 12.8. The minimum Gasteiger partial charge on any atom is -0.465 e. The average molecular weight is 586 g/mol. The molecule has 2 fully saturated rings. The second kappa shape index (κ2) is 14.3. The van der Waals surface area contributed by atoms with Crippen LogP contribution in [0.4, 0.5) is 0 Å². The normalized spacial score (nSPS) is 29.5. The van der Waals surface area contributed by atoms with E-state index in [1.807, 2.05) is 0 Å². The van der Waals surface area contributed by atoms with Crippen LogP contribution in [0, 0.1) is 35.5 Å². The maximum atomic E-state index is 15.3. The van der Waals surface area contributed by atoms with E-state index in [0.717, 1.165) is 38.5 Å². The first kappa shape index (κ1) is 31.7. The third-order valence-electron chi connectivity index (χ3n) is 9.19. The molecule has 7 atom stereocenters. The summed E-state index contributed by atoms with van der Waals surface area (Å²) in [5, 5.41) is 0. The van der Waals surface area contributed by atoms with Crippen molar-refractivity contribution < 1.29 is 27.6 Å². The van der Waals surface area contributed by atoms with Crippen molar-refractivity contribution in [2.45, 2.75) is 98.1 Å². The van der Waals surface area contributed by atoms with E-state index < -0.39 is 19.4 Å². The predicted molar refractivity (Wildman–Crippen MR) is 161 cm³/mol. The van der Waals surface area contributed by atoms with E-state index in [1.54, 1.807) is 36.7 Å². The highest BCUT2D eigenvalue weighted by molar-refractivity contribution is 7.54. The number of rotatable bonds is 11. The fraction of sp³-hybridized carbons (Fsp3) is 0.636. The molecule has 7 nitrogen and oxygen atoms in total. The number of hydrogen-bond acceptors (Lipinski definition) is 7. The van der Waals surface area contributed by atoms with Crippen molar-refractivity contribution in [1.82, 2.24) is 4.98 Å². The fourth-order valence-corrected chi connectivity index (χ4v) is 8.53. The van der Waals surface area contributed by atoms with Crippen LogP contribution in [0.5, 0.6) is 0 Å². The zero-order valence-corrected chi connectivity index (χ0v) is 26.4. The van der Waals surface area contributed by atoms with E-state index >= 15 is 4.57 Å². The van der Waals surface area contributed by atoms with Crippen molar-refractivity contribution in [2.24, 2.45) is 35.5 Å². The lowest BCUT2D eigenvalue weighted by molar-refractivity contribution is -0.141. The monoisotopic (exact) mass is 585 g/mol. The first-order valence-electron chi connectivity index (χ1n) is 15.3. The Hall–Kier alpha value is -2.21. The van der Waals surface area contributed by atoms with Crippen LogP contribution < -0.4 is 0 Å². The van der Waals surface area contributed by atoms with Crippen molar-refractivity contribution in [3.8, 4) is 0 Å². The van der Waals surface area contributed by atoms with Gasteiger partial charge in [-0.25, -0.2) is 4.79 Å². The predicted octanol–water partition coefficient (Wildman–Crippen LogP) is 9.08. The lowest BCUT2D eigenvalue weighted by Crippen LogP contribution is -2.35. The number of furan rings is 1. The number of hydrogen-bond donors (Lipinski definition) is 0. The van der Waals surface area contributed by atoms with Crippen LogP contribution in [0.3, 0.4) is 0 Å². The van der Waals surface area contributed by atoms with E-state index in [1.165, 1.54) is 18.4 Å². The zero-order valence-electron chi connectivity index (χ0n) is 25.5. The molecule has 2 aliphatic carbocycles. The van der Waals surface area contributed by atoms with Crippen LogP contribution in [-0.2, 0) is 23.1 Å². The topological polar surface area (TPSA) is 87.9 Å². The Labute approximate surface area is 246 Å². The van der Waals surface area contributed by atoms with E-state index in [4.69, 9.17) is 18.2 Å². The summed E-state index contributed by atoms with van der Waals surface area (Å²) in [5.41, 5.74) is 0.489. The van der Waals surface area contributed by atoms with Gasteiger partial charge in [-0.05, 0) is 98.3 Å². The minimum absolute atomic E-state index is 0.207. The van der Waals surface area contributed by atoms with E-state index in [0.29, 0.717) is 35.0 Å². The van der Waals surface area contributed by atoms with Crippen molar-refractivity contribution in [3.05, 3.63) is 60.3 Å². The summed E-state index contributed by atoms with van der Waals surface area (Å²) in [6.07, 6.45) is 12.9. The zero-order chi connectivity index (χ0) is 29.6. The molecular formula is C33H48NO6P. The minimum atomic E-state index is -4.05. The molecule has 0 saturated heterocycles. The third kappa shape index (κ3) is 8.43. The highest BCUT2D eigenvalue weighted by Gasteiger charge is 2.48. The molecule has 2 heterocycles. The Balaban J connectivity index is 1.69. The van der Waals surface area contributed by atoms with Gasteiger partial charge in [0.1, 0.15) is 5.76 Å². The van der Waals surface area contributed by atoms with Gasteiger partial charge in [-0.2, -0.15) is 0 Å². The van der Waals surface area contributed by atoms with Crippen LogP contribution in [0.15, 0.2) is 53.4 Å². The fourth-order valence-electron chi connectivity index (χ4n) is 6.16. The molecule has 8 heteroatoms. The van der Waals surface area contributed by atoms with Gasteiger partial charge in [0, 0.05) is 24.0 Å². The SMILES string of the molecule is CC(C)C1CCC(C)C(OP(=O)(OC2CC(C(C)C)CCC2C)C(OC(=O)/C=C/c2ccco2)c2cccnc2)C1. The molecule has 41 heavy (non-hydrogen) atoms. The number of pyridine rings is 1. The van der Waals surface area contributed by atoms with Gasteiger partial charge < -0.3 is 18.2 Å². The number of ether oxygens (including phenoxy) is 1. The maximum absolute atomic E-state index is 15.3. The van der Waals surface area contributed by atoms with Crippen LogP contribution in [0.1, 0.15) is 97.2 Å². The Morgan fingerprint density at radius 1 is 0.951 bits per heavy atom. The molecule has 2 aliphatic rings. The smallest absolute Gasteiger partial charge is 0.376 e. The molecular weight excluding hydrogens is 537 g/mol. The molecule has 2 aromatic rings. The Morgan fingerprint density at radius 3 is 2.05 bits per heavy atom. The van der Waals surface area contributed by atoms with E-state index in [2.05, 4.69) is 46.5 Å². The standard InChI is InChI=1S/C33H48NO6P/c1-22(2)26-13-11-24(5)30(19-26)39-41(36,40-31-20-27(23(3)4)14-12-25(31)6)33(28-9-7-17-34-21-28)38-32(35)16-15-29-10-8-18-37-29/h7-10,15-18,21-27,30-31,33H,11-14,19-20H2,1-6H3/b16-15+. The van der Waals surface area contributed by atoms with Gasteiger partial charge in [0.15, 0.2) is 0 Å². The first-order valence-corrected chi connectivity index (χ1v) is 17.0. The van der Waals surface area contributed by atoms with E-state index in [-0.39, 0.29) is 24.0 Å². The number of carbonyl (C=O) groups is 1. The summed E-state index contributed by atoms with van der Waals surface area (Å²) < 4.78 is 39.9. The summed E-state index contributed by atoms with van der Waals surface area (Å²) in [6.45, 7) is 13.2. The van der Waals surface area contributed by atoms with Gasteiger partial charge in [-0.3, -0.25) is 9.55 Å². The van der Waals surface area contributed by atoms with Crippen LogP contribution in [-0.4, -0.2) is 23.2 Å². The number of esters is 1. The van der Waals surface area contributed by atoms with Crippen molar-refractivity contribution in [2.75, 3.05) is 0 Å². The Morgan fingerprint density at radius 2 is 1.56 bits per heavy atom. The summed E-state index contributed by atoms with van der Waals surface area (Å²) in [5.74, 6) is 0.965. The molecule has 0 N–H and O–H groups in total. The maximum Gasteiger partial charge on any atom is 0.376 e. The van der Waals surface area contributed by atoms with Crippen molar-refractivity contribution in [1.29, 1.82) is 0 Å². The summed E-state index contributed by atoms with van der Waals surface area (Å²) in [4.78, 5) is 17.4. The van der Waals surface area contributed by atoms with Crippen LogP contribution in [0.25, 0.3) is 6.08 Å². The first-order chi connectivity index (χ1) is 19.6. The molecule has 0 bridgehead atoms. The highest BCUT2D eigenvalue weighted by atomic mass is 31.2. The lowest BCUT2D eigenvalue weighted by Gasteiger charge is -2.42. The molecule has 2 saturated carbocycles. The molecule has 0 aromatic carbocycles. The molecule has 226 valence electrons. The third-order valence-corrected chi connectivity index (χ3v) is 11.3. The van der Waals surface area contributed by atoms with Crippen molar-refractivity contribution >= 4 is 19.6 Å². The highest BCUT2D eigenvalue weighted by Crippen LogP contribution is 2.65. The Kier molecular flexibility index (Phi) is 11.1. The molecule has 0 spiro atoms. The number of nitrogens with zero attached hydrogens (tertiary/aromatic N) is 1. The van der Waals surface area contributed by atoms with Gasteiger partial charge in [0.2, 0.25) is 5.85 Å². The van der Waals surface area contributed by atoms with Crippen LogP contribution >= 0.6 is 7.60 Å². The quantitative estimate of drug-likeness (QED) is 0.148. The summed E-state index contributed by atoms with van der Waals surface area (Å²) in [7, 11) is -4.05. The lowest BCUT2D eigenvalue weighted by atomic mass is 9.76. The number of aromatic nitrogens is 1. The van der Waals surface area contributed by atoms with Crippen LogP contribution in [0.2, 0.25) is 0 Å². The van der Waals surface area contributed by atoms with Gasteiger partial charge >= 0.3 is 13.6 Å². The summed E-state index contributed by atoms with van der Waals surface area (Å²) in [6, 6.07) is 6.99. The van der Waals surface area contributed by atoms with Gasteiger partial charge in [0.05, 0.1) is 18.5 Å². The molecule has 0 amide bonds. The molecule has 0 radical (unpaired) electrons. The van der Waals surface area contributed by atoms with Crippen molar-refractivity contribution in [3.63, 3.8) is 0 Å².